The first-order valence-corrected chi connectivity index (χ1v) is 7.04. The van der Waals surface area contributed by atoms with E-state index in [-0.39, 0.29) is 0 Å². The van der Waals surface area contributed by atoms with Gasteiger partial charge in [-0.15, -0.1) is 0 Å². The average molecular weight is 324 g/mol. The second-order valence-electron chi connectivity index (χ2n) is 3.82. The van der Waals surface area contributed by atoms with Crippen LogP contribution in [0.5, 0.6) is 5.75 Å². The van der Waals surface area contributed by atoms with Crippen LogP contribution in [-0.4, -0.2) is 18.8 Å². The minimum atomic E-state index is 0.534. The van der Waals surface area contributed by atoms with Crippen molar-refractivity contribution in [3.05, 3.63) is 48.5 Å². The number of benzene rings is 2. The third-order valence-electron chi connectivity index (χ3n) is 2.45. The molecule has 2 N–H and O–H groups in total. The van der Waals surface area contributed by atoms with E-state index >= 15 is 0 Å². The van der Waals surface area contributed by atoms with Crippen LogP contribution in [0.15, 0.2) is 58.5 Å². The van der Waals surface area contributed by atoms with Crippen LogP contribution < -0.4 is 9.23 Å². The van der Waals surface area contributed by atoms with Gasteiger partial charge >= 0.3 is 111 Å². The number of nitrogens with one attached hydrogen (secondary N) is 2. The molecule has 2 rings (SSSR count). The van der Waals surface area contributed by atoms with E-state index in [9.17, 15) is 0 Å². The molecule has 0 unspecified atom stereocenters. The summed E-state index contributed by atoms with van der Waals surface area (Å²) >= 11 is 0.534. The average Bonchev–Trinajstić information content (AvgIpc) is 2.54. The van der Waals surface area contributed by atoms with E-state index in [2.05, 4.69) is 9.98 Å². The minimum absolute atomic E-state index is 0.534. The summed E-state index contributed by atoms with van der Waals surface area (Å²) in [5.41, 5.74) is 1.60. The van der Waals surface area contributed by atoms with Crippen molar-refractivity contribution in [2.45, 2.75) is 0 Å². The molecule has 0 saturated heterocycles. The van der Waals surface area contributed by atoms with Crippen LogP contribution in [0.2, 0.25) is 0 Å². The number of hydrogen-bond donors (Lipinski definition) is 2. The van der Waals surface area contributed by atoms with Crippen LogP contribution in [0.1, 0.15) is 0 Å². The third kappa shape index (κ3) is 4.86. The zero-order valence-corrected chi connectivity index (χ0v) is 12.0. The Bertz CT molecular complexity index is 663. The van der Waals surface area contributed by atoms with Crippen LogP contribution in [0.25, 0.3) is 0 Å². The van der Waals surface area contributed by atoms with Gasteiger partial charge in [-0.1, -0.05) is 0 Å². The van der Waals surface area contributed by atoms with Gasteiger partial charge in [-0.2, -0.15) is 0 Å². The monoisotopic (exact) mass is 324 g/mol. The number of hydrogen-bond acceptors (Lipinski definition) is 5. The van der Waals surface area contributed by atoms with Gasteiger partial charge in [-0.25, -0.2) is 0 Å². The van der Waals surface area contributed by atoms with Crippen molar-refractivity contribution in [3.8, 4) is 5.75 Å². The fourth-order valence-corrected chi connectivity index (χ4v) is 1.84. The van der Waals surface area contributed by atoms with Crippen molar-refractivity contribution in [3.63, 3.8) is 0 Å². The van der Waals surface area contributed by atoms with E-state index in [4.69, 9.17) is 14.6 Å². The van der Waals surface area contributed by atoms with Crippen LogP contribution in [0.3, 0.4) is 0 Å². The predicted octanol–water partition coefficient (Wildman–Crippen LogP) is 3.25. The Balaban J connectivity index is 1.95. The maximum absolute atomic E-state index is 7.21. The molecule has 0 saturated carbocycles. The Kier molecular flexibility index (Phi) is 5.68. The molecule has 0 aliphatic carbocycles. The molecule has 6 heteroatoms. The van der Waals surface area contributed by atoms with Crippen molar-refractivity contribution in [2.24, 2.45) is 9.98 Å². The van der Waals surface area contributed by atoms with Crippen molar-refractivity contribution in [1.82, 2.24) is 0 Å². The predicted molar refractivity (Wildman–Crippen MR) is 81.0 cm³/mol. The number of aliphatic imine (C=N–C) groups is 2. The van der Waals surface area contributed by atoms with E-state index in [1.54, 1.807) is 36.7 Å². The standard InChI is InChI=1S/C15H12N3O.Co.HN/c16-12-19-15-8-6-14(7-9-15)18-11-10-17-13-4-2-1-3-5-13;;/h2-12,16H;;1H. The van der Waals surface area contributed by atoms with Crippen LogP contribution in [0.4, 0.5) is 11.4 Å². The molecule has 0 atom stereocenters. The Hall–Kier alpha value is -2.44. The topological polar surface area (TPSA) is 81.7 Å². The normalized spacial score (nSPS) is 11.2. The van der Waals surface area contributed by atoms with E-state index in [1.807, 2.05) is 24.3 Å². The second-order valence-corrected chi connectivity index (χ2v) is 4.68. The molecule has 21 heavy (non-hydrogen) atoms. The zero-order chi connectivity index (χ0) is 14.9. The van der Waals surface area contributed by atoms with Crippen LogP contribution in [-0.2, 0) is 14.5 Å². The Morgan fingerprint density at radius 1 is 0.857 bits per heavy atom. The van der Waals surface area contributed by atoms with Crippen molar-refractivity contribution < 1.29 is 19.2 Å². The van der Waals surface area contributed by atoms with Crippen molar-refractivity contribution in [2.75, 3.05) is 0 Å². The van der Waals surface area contributed by atoms with Gasteiger partial charge in [0.2, 0.25) is 0 Å². The van der Waals surface area contributed by atoms with Gasteiger partial charge in [-0.05, 0) is 0 Å². The Morgan fingerprint density at radius 3 is 1.86 bits per heavy atom. The van der Waals surface area contributed by atoms with Crippen molar-refractivity contribution >= 4 is 34.7 Å². The van der Waals surface area contributed by atoms with Gasteiger partial charge in [-0.3, -0.25) is 5.41 Å². The first-order chi connectivity index (χ1) is 10.3. The first-order valence-electron chi connectivity index (χ1n) is 6.00. The van der Waals surface area contributed by atoms with E-state index in [0.29, 0.717) is 20.3 Å². The summed E-state index contributed by atoms with van der Waals surface area (Å²) in [6.07, 6.45) is 4.12. The summed E-state index contributed by atoms with van der Waals surface area (Å²) in [6, 6.07) is 14.6. The summed E-state index contributed by atoms with van der Waals surface area (Å²) in [7, 11) is 0. The molecule has 2 aromatic carbocycles. The quantitative estimate of drug-likeness (QED) is 0.620. The molecular weight excluding hydrogens is 311 g/mol. The molecular formula is C15H13CoN4O. The molecule has 0 amide bonds. The maximum atomic E-state index is 7.21. The van der Waals surface area contributed by atoms with Gasteiger partial charge in [0.25, 0.3) is 0 Å². The number of rotatable bonds is 6. The van der Waals surface area contributed by atoms with E-state index < -0.39 is 0 Å². The third-order valence-corrected chi connectivity index (χ3v) is 3.10. The summed E-state index contributed by atoms with van der Waals surface area (Å²) in [5.74, 6) is 0.603. The zero-order valence-electron chi connectivity index (χ0n) is 11.0. The van der Waals surface area contributed by atoms with Gasteiger partial charge in [0.1, 0.15) is 0 Å². The Morgan fingerprint density at radius 2 is 1.38 bits per heavy atom. The first kappa shape index (κ1) is 15.0. The van der Waals surface area contributed by atoms with Crippen LogP contribution in [0, 0.1) is 9.82 Å². The fraction of sp³-hybridized carbons (Fsp3) is 0. The molecule has 0 radical (unpaired) electrons. The van der Waals surface area contributed by atoms with Gasteiger partial charge in [0.15, 0.2) is 6.40 Å². The Labute approximate surface area is 128 Å². The summed E-state index contributed by atoms with van der Waals surface area (Å²) in [4.78, 5) is 8.49. The van der Waals surface area contributed by atoms with Gasteiger partial charge < -0.3 is 4.74 Å². The summed E-state index contributed by atoms with van der Waals surface area (Å²) < 4.78 is 13.1. The molecule has 5 nitrogen and oxygen atoms in total. The second kappa shape index (κ2) is 7.98. The van der Waals surface area contributed by atoms with Crippen LogP contribution >= 0.6 is 0 Å². The molecule has 0 aliphatic rings. The van der Waals surface area contributed by atoms with E-state index in [0.717, 1.165) is 22.3 Å². The van der Waals surface area contributed by atoms with Crippen molar-refractivity contribution in [1.29, 1.82) is 9.82 Å². The molecule has 0 aromatic heterocycles. The SMILES string of the molecule is N=COc1ccc(N=CC=Nc2cc[c]([Co]=[NH])cc2)cc1. The summed E-state index contributed by atoms with van der Waals surface area (Å²) in [5, 5.41) is 6.83. The molecule has 2 aromatic rings. The molecule has 0 spiro atoms. The molecule has 0 aliphatic heterocycles. The number of nitrogens with zero attached hydrogens (tertiary/aromatic N) is 2. The van der Waals surface area contributed by atoms with Gasteiger partial charge in [0, 0.05) is 0 Å². The molecule has 0 heterocycles. The molecule has 0 fully saturated rings. The molecule has 0 bridgehead atoms. The summed E-state index contributed by atoms with van der Waals surface area (Å²) in [6.45, 7) is 0. The van der Waals surface area contributed by atoms with Gasteiger partial charge in [0.05, 0.1) is 0 Å². The molecule has 108 valence electrons. The fourth-order valence-electron chi connectivity index (χ4n) is 1.49. The van der Waals surface area contributed by atoms with E-state index in [1.165, 1.54) is 0 Å². The number of ether oxygens (including phenoxy) is 1.